The molecule has 22 heavy (non-hydrogen) atoms. The van der Waals surface area contributed by atoms with Crippen LogP contribution in [0.2, 0.25) is 0 Å². The third-order valence-electron chi connectivity index (χ3n) is 3.44. The number of rotatable bonds is 3. The maximum atomic E-state index is 13.5. The van der Waals surface area contributed by atoms with Gasteiger partial charge in [0.1, 0.15) is 34.9 Å². The molecule has 1 aliphatic rings. The van der Waals surface area contributed by atoms with Gasteiger partial charge in [0.15, 0.2) is 0 Å². The fourth-order valence-corrected chi connectivity index (χ4v) is 2.41. The first kappa shape index (κ1) is 14.4. The molecule has 0 spiro atoms. The van der Waals surface area contributed by atoms with Gasteiger partial charge in [-0.3, -0.25) is 4.79 Å². The monoisotopic (exact) mass is 307 g/mol. The normalized spacial score (nSPS) is 16.0. The highest BCUT2D eigenvalue weighted by atomic mass is 19.1. The van der Waals surface area contributed by atoms with Crippen molar-refractivity contribution in [3.05, 3.63) is 65.0 Å². The van der Waals surface area contributed by atoms with Crippen molar-refractivity contribution in [3.8, 4) is 5.75 Å². The van der Waals surface area contributed by atoms with Crippen LogP contribution in [0.25, 0.3) is 0 Å². The van der Waals surface area contributed by atoms with Gasteiger partial charge < -0.3 is 10.1 Å². The summed E-state index contributed by atoms with van der Waals surface area (Å²) in [4.78, 5) is 11.9. The lowest BCUT2D eigenvalue weighted by molar-refractivity contribution is 0.0925. The molecule has 0 aromatic heterocycles. The first-order valence-electron chi connectivity index (χ1n) is 6.72. The maximum absolute atomic E-state index is 13.5. The number of hydrogen-bond acceptors (Lipinski definition) is 2. The summed E-state index contributed by atoms with van der Waals surface area (Å²) >= 11 is 0. The third-order valence-corrected chi connectivity index (χ3v) is 3.44. The minimum Gasteiger partial charge on any atom is -0.488 e. The third kappa shape index (κ3) is 2.77. The first-order chi connectivity index (χ1) is 10.5. The summed E-state index contributed by atoms with van der Waals surface area (Å²) in [6.45, 7) is 0.0723. The number of fused-ring (bicyclic) bond motifs is 1. The molecule has 2 aromatic carbocycles. The summed E-state index contributed by atoms with van der Waals surface area (Å²) in [7, 11) is 0. The van der Waals surface area contributed by atoms with Crippen LogP contribution in [0.15, 0.2) is 36.4 Å². The Balaban J connectivity index is 1.64. The second-order valence-electron chi connectivity index (χ2n) is 5.00. The van der Waals surface area contributed by atoms with E-state index < -0.39 is 29.2 Å². The van der Waals surface area contributed by atoms with Gasteiger partial charge in [0, 0.05) is 12.0 Å². The molecule has 3 rings (SSSR count). The van der Waals surface area contributed by atoms with E-state index in [2.05, 4.69) is 5.32 Å². The molecule has 6 heteroatoms. The zero-order valence-electron chi connectivity index (χ0n) is 11.4. The summed E-state index contributed by atoms with van der Waals surface area (Å²) in [6, 6.07) is 7.39. The minimum atomic E-state index is -0.921. The van der Waals surface area contributed by atoms with Crippen LogP contribution in [0.1, 0.15) is 15.9 Å². The molecule has 1 aliphatic heterocycles. The standard InChI is InChI=1S/C16H12F3NO2/c17-10-4-5-14-9(6-10)7-11(22-14)8-20-16(21)15-12(18)2-1-3-13(15)19/h1-6,11H,7-8H2,(H,20,21)/t11-/m0/s1. The van der Waals surface area contributed by atoms with Crippen LogP contribution in [0.4, 0.5) is 13.2 Å². The van der Waals surface area contributed by atoms with E-state index >= 15 is 0 Å². The lowest BCUT2D eigenvalue weighted by Gasteiger charge is -2.12. The second kappa shape index (κ2) is 5.71. The Labute approximate surface area is 124 Å². The molecule has 0 saturated carbocycles. The van der Waals surface area contributed by atoms with E-state index in [4.69, 9.17) is 4.74 Å². The van der Waals surface area contributed by atoms with E-state index in [9.17, 15) is 18.0 Å². The lowest BCUT2D eigenvalue weighted by Crippen LogP contribution is -2.35. The number of nitrogens with one attached hydrogen (secondary N) is 1. The molecule has 0 bridgehead atoms. The maximum Gasteiger partial charge on any atom is 0.257 e. The van der Waals surface area contributed by atoms with Crippen molar-refractivity contribution in [3.63, 3.8) is 0 Å². The van der Waals surface area contributed by atoms with Crippen LogP contribution < -0.4 is 10.1 Å². The van der Waals surface area contributed by atoms with Crippen LogP contribution in [-0.2, 0) is 6.42 Å². The first-order valence-corrected chi connectivity index (χ1v) is 6.72. The highest BCUT2D eigenvalue weighted by Crippen LogP contribution is 2.29. The Morgan fingerprint density at radius 1 is 1.18 bits per heavy atom. The largest absolute Gasteiger partial charge is 0.488 e. The van der Waals surface area contributed by atoms with Gasteiger partial charge in [-0.25, -0.2) is 13.2 Å². The van der Waals surface area contributed by atoms with E-state index in [0.717, 1.165) is 12.1 Å². The minimum absolute atomic E-state index is 0.0723. The molecule has 1 amide bonds. The quantitative estimate of drug-likeness (QED) is 0.947. The zero-order chi connectivity index (χ0) is 15.7. The van der Waals surface area contributed by atoms with Gasteiger partial charge in [0.05, 0.1) is 6.54 Å². The molecular formula is C16H12F3NO2. The number of carbonyl (C=O) groups excluding carboxylic acids is 1. The van der Waals surface area contributed by atoms with E-state index in [0.29, 0.717) is 17.7 Å². The van der Waals surface area contributed by atoms with E-state index in [1.165, 1.54) is 24.3 Å². The Morgan fingerprint density at radius 2 is 1.91 bits per heavy atom. The van der Waals surface area contributed by atoms with Crippen LogP contribution in [0.3, 0.4) is 0 Å². The predicted octanol–water partition coefficient (Wildman–Crippen LogP) is 2.84. The molecule has 0 aliphatic carbocycles. The van der Waals surface area contributed by atoms with Crippen molar-refractivity contribution in [2.24, 2.45) is 0 Å². The van der Waals surface area contributed by atoms with Crippen LogP contribution in [0, 0.1) is 17.5 Å². The Kier molecular flexibility index (Phi) is 3.75. The van der Waals surface area contributed by atoms with Crippen molar-refractivity contribution in [1.29, 1.82) is 0 Å². The second-order valence-corrected chi connectivity index (χ2v) is 5.00. The summed E-state index contributed by atoms with van der Waals surface area (Å²) in [5.41, 5.74) is 0.0837. The molecule has 0 unspecified atom stereocenters. The predicted molar refractivity (Wildman–Crippen MR) is 73.2 cm³/mol. The van der Waals surface area contributed by atoms with Crippen molar-refractivity contribution in [2.45, 2.75) is 12.5 Å². The fraction of sp³-hybridized carbons (Fsp3) is 0.188. The Hall–Kier alpha value is -2.50. The molecule has 1 N–H and O–H groups in total. The number of ether oxygens (including phenoxy) is 1. The fourth-order valence-electron chi connectivity index (χ4n) is 2.41. The highest BCUT2D eigenvalue weighted by Gasteiger charge is 2.25. The number of amides is 1. The van der Waals surface area contributed by atoms with Crippen LogP contribution in [0.5, 0.6) is 5.75 Å². The van der Waals surface area contributed by atoms with Gasteiger partial charge in [-0.1, -0.05) is 6.07 Å². The smallest absolute Gasteiger partial charge is 0.257 e. The van der Waals surface area contributed by atoms with E-state index in [-0.39, 0.29) is 12.4 Å². The van der Waals surface area contributed by atoms with Gasteiger partial charge in [0.25, 0.3) is 5.91 Å². The van der Waals surface area contributed by atoms with Gasteiger partial charge in [-0.05, 0) is 30.3 Å². The van der Waals surface area contributed by atoms with Crippen molar-refractivity contribution >= 4 is 5.91 Å². The van der Waals surface area contributed by atoms with Gasteiger partial charge in [-0.15, -0.1) is 0 Å². The molecule has 0 saturated heterocycles. The molecule has 3 nitrogen and oxygen atoms in total. The molecule has 114 valence electrons. The topological polar surface area (TPSA) is 38.3 Å². The Morgan fingerprint density at radius 3 is 2.64 bits per heavy atom. The van der Waals surface area contributed by atoms with Crippen LogP contribution >= 0.6 is 0 Å². The molecule has 2 aromatic rings. The van der Waals surface area contributed by atoms with Crippen molar-refractivity contribution in [2.75, 3.05) is 6.54 Å². The SMILES string of the molecule is O=C(NC[C@@H]1Cc2cc(F)ccc2O1)c1c(F)cccc1F. The van der Waals surface area contributed by atoms with Gasteiger partial charge >= 0.3 is 0 Å². The average molecular weight is 307 g/mol. The molecule has 1 heterocycles. The highest BCUT2D eigenvalue weighted by molar-refractivity contribution is 5.94. The van der Waals surface area contributed by atoms with Gasteiger partial charge in [0.2, 0.25) is 0 Å². The summed E-state index contributed by atoms with van der Waals surface area (Å²) in [5.74, 6) is -2.50. The van der Waals surface area contributed by atoms with E-state index in [1.54, 1.807) is 0 Å². The summed E-state index contributed by atoms with van der Waals surface area (Å²) < 4.78 is 45.6. The molecule has 1 atom stereocenters. The lowest BCUT2D eigenvalue weighted by atomic mass is 10.1. The molecular weight excluding hydrogens is 295 g/mol. The van der Waals surface area contributed by atoms with E-state index in [1.807, 2.05) is 0 Å². The molecule has 0 radical (unpaired) electrons. The molecule has 0 fully saturated rings. The number of benzene rings is 2. The average Bonchev–Trinajstić information content (AvgIpc) is 2.87. The number of hydrogen-bond donors (Lipinski definition) is 1. The summed E-state index contributed by atoms with van der Waals surface area (Å²) in [6.07, 6.45) is 0.0308. The summed E-state index contributed by atoms with van der Waals surface area (Å²) in [5, 5.41) is 2.43. The van der Waals surface area contributed by atoms with Gasteiger partial charge in [-0.2, -0.15) is 0 Å². The zero-order valence-corrected chi connectivity index (χ0v) is 11.4. The number of carbonyl (C=O) groups is 1. The Bertz CT molecular complexity index is 713. The number of halogens is 3. The van der Waals surface area contributed by atoms with Crippen molar-refractivity contribution in [1.82, 2.24) is 5.32 Å². The van der Waals surface area contributed by atoms with Crippen molar-refractivity contribution < 1.29 is 22.7 Å². The van der Waals surface area contributed by atoms with Crippen LogP contribution in [-0.4, -0.2) is 18.6 Å².